The van der Waals surface area contributed by atoms with Crippen molar-refractivity contribution >= 4 is 23.3 Å². The molecule has 23 heavy (non-hydrogen) atoms. The molecule has 120 valence electrons. The Morgan fingerprint density at radius 2 is 1.96 bits per heavy atom. The Hall–Kier alpha value is -2.89. The Balaban J connectivity index is 2.14. The van der Waals surface area contributed by atoms with E-state index in [0.29, 0.717) is 29.4 Å². The number of amides is 2. The summed E-state index contributed by atoms with van der Waals surface area (Å²) in [6.07, 6.45) is 2.35. The zero-order valence-electron chi connectivity index (χ0n) is 13.1. The molecule has 2 aromatic rings. The second-order valence-electron chi connectivity index (χ2n) is 4.91. The number of nitrogens with zero attached hydrogens (tertiary/aromatic N) is 1. The highest BCUT2D eigenvalue weighted by molar-refractivity contribution is 6.05. The molecule has 0 unspecified atom stereocenters. The van der Waals surface area contributed by atoms with E-state index >= 15 is 0 Å². The van der Waals surface area contributed by atoms with Crippen LogP contribution in [-0.2, 0) is 4.79 Å². The number of para-hydroxylation sites is 2. The predicted molar refractivity (Wildman–Crippen MR) is 88.7 cm³/mol. The molecule has 0 aliphatic heterocycles. The maximum Gasteiger partial charge on any atom is 0.255 e. The molecule has 1 aromatic carbocycles. The fourth-order valence-corrected chi connectivity index (χ4v) is 1.92. The fraction of sp³-hybridized carbons (Fsp3) is 0.235. The van der Waals surface area contributed by atoms with Gasteiger partial charge in [0.2, 0.25) is 5.91 Å². The number of nitrogens with one attached hydrogen (secondary N) is 2. The van der Waals surface area contributed by atoms with E-state index in [9.17, 15) is 9.59 Å². The highest BCUT2D eigenvalue weighted by Crippen LogP contribution is 2.24. The number of hydrogen-bond acceptors (Lipinski definition) is 4. The standard InChI is InChI=1S/C17H19N3O3/c1-3-10-23-15-7-5-4-6-14(15)20-17(22)13-8-9-18-16(11-13)19-12(2)21/h4-9,11H,3,10H2,1-2H3,(H,20,22)(H,18,19,21). The first-order valence-electron chi connectivity index (χ1n) is 7.37. The number of benzene rings is 1. The van der Waals surface area contributed by atoms with Gasteiger partial charge in [-0.3, -0.25) is 9.59 Å². The zero-order valence-corrected chi connectivity index (χ0v) is 13.1. The Bertz CT molecular complexity index is 701. The number of pyridine rings is 1. The summed E-state index contributed by atoms with van der Waals surface area (Å²) in [5, 5.41) is 5.36. The Labute approximate surface area is 134 Å². The van der Waals surface area contributed by atoms with Crippen LogP contribution in [-0.4, -0.2) is 23.4 Å². The van der Waals surface area contributed by atoms with Crippen molar-refractivity contribution in [1.29, 1.82) is 0 Å². The number of ether oxygens (including phenoxy) is 1. The van der Waals surface area contributed by atoms with Gasteiger partial charge in [-0.25, -0.2) is 4.98 Å². The van der Waals surface area contributed by atoms with E-state index in [-0.39, 0.29) is 11.8 Å². The largest absolute Gasteiger partial charge is 0.491 e. The number of hydrogen-bond donors (Lipinski definition) is 2. The summed E-state index contributed by atoms with van der Waals surface area (Å²) in [5.41, 5.74) is 0.998. The Kier molecular flexibility index (Phi) is 5.68. The van der Waals surface area contributed by atoms with E-state index in [1.807, 2.05) is 19.1 Å². The van der Waals surface area contributed by atoms with Crippen LogP contribution in [0.2, 0.25) is 0 Å². The molecule has 0 spiro atoms. The van der Waals surface area contributed by atoms with Gasteiger partial charge in [0, 0.05) is 18.7 Å². The first-order valence-corrected chi connectivity index (χ1v) is 7.37. The van der Waals surface area contributed by atoms with Crippen LogP contribution in [0, 0.1) is 0 Å². The topological polar surface area (TPSA) is 80.3 Å². The fourth-order valence-electron chi connectivity index (χ4n) is 1.92. The van der Waals surface area contributed by atoms with Crippen molar-refractivity contribution < 1.29 is 14.3 Å². The minimum absolute atomic E-state index is 0.242. The molecule has 1 heterocycles. The summed E-state index contributed by atoms with van der Waals surface area (Å²) >= 11 is 0. The van der Waals surface area contributed by atoms with Crippen molar-refractivity contribution in [1.82, 2.24) is 4.98 Å². The van der Waals surface area contributed by atoms with Crippen LogP contribution < -0.4 is 15.4 Å². The number of aromatic nitrogens is 1. The average Bonchev–Trinajstić information content (AvgIpc) is 2.53. The van der Waals surface area contributed by atoms with Gasteiger partial charge in [0.05, 0.1) is 12.3 Å². The highest BCUT2D eigenvalue weighted by atomic mass is 16.5. The zero-order chi connectivity index (χ0) is 16.7. The van der Waals surface area contributed by atoms with Crippen molar-refractivity contribution in [3.8, 4) is 5.75 Å². The summed E-state index contributed by atoms with van der Waals surface area (Å²) in [7, 11) is 0. The van der Waals surface area contributed by atoms with Crippen LogP contribution in [0.5, 0.6) is 5.75 Å². The molecular weight excluding hydrogens is 294 g/mol. The van der Waals surface area contributed by atoms with Crippen LogP contribution in [0.25, 0.3) is 0 Å². The number of anilines is 2. The summed E-state index contributed by atoms with van der Waals surface area (Å²) in [6, 6.07) is 10.4. The van der Waals surface area contributed by atoms with E-state index in [0.717, 1.165) is 6.42 Å². The van der Waals surface area contributed by atoms with Crippen molar-refractivity contribution in [2.45, 2.75) is 20.3 Å². The van der Waals surface area contributed by atoms with E-state index in [4.69, 9.17) is 4.74 Å². The normalized spacial score (nSPS) is 10.0. The maximum atomic E-state index is 12.4. The molecule has 0 saturated heterocycles. The van der Waals surface area contributed by atoms with Gasteiger partial charge in [0.25, 0.3) is 5.91 Å². The van der Waals surface area contributed by atoms with E-state index in [1.54, 1.807) is 18.2 Å². The van der Waals surface area contributed by atoms with Crippen molar-refractivity contribution in [3.63, 3.8) is 0 Å². The van der Waals surface area contributed by atoms with Gasteiger partial charge < -0.3 is 15.4 Å². The average molecular weight is 313 g/mol. The highest BCUT2D eigenvalue weighted by Gasteiger charge is 2.11. The van der Waals surface area contributed by atoms with Crippen LogP contribution in [0.1, 0.15) is 30.6 Å². The molecule has 6 heteroatoms. The molecule has 1 aromatic heterocycles. The Morgan fingerprint density at radius 3 is 2.70 bits per heavy atom. The van der Waals surface area contributed by atoms with Crippen LogP contribution in [0.3, 0.4) is 0 Å². The second kappa shape index (κ2) is 7.93. The van der Waals surface area contributed by atoms with Gasteiger partial charge in [0.1, 0.15) is 11.6 Å². The lowest BCUT2D eigenvalue weighted by molar-refractivity contribution is -0.114. The van der Waals surface area contributed by atoms with Crippen molar-refractivity contribution in [2.75, 3.05) is 17.2 Å². The van der Waals surface area contributed by atoms with E-state index in [1.165, 1.54) is 19.2 Å². The summed E-state index contributed by atoms with van der Waals surface area (Å²) < 4.78 is 5.62. The van der Waals surface area contributed by atoms with E-state index < -0.39 is 0 Å². The predicted octanol–water partition coefficient (Wildman–Crippen LogP) is 3.08. The maximum absolute atomic E-state index is 12.4. The van der Waals surface area contributed by atoms with Gasteiger partial charge in [-0.2, -0.15) is 0 Å². The molecule has 6 nitrogen and oxygen atoms in total. The third kappa shape index (κ3) is 4.81. The monoisotopic (exact) mass is 313 g/mol. The van der Waals surface area contributed by atoms with Crippen LogP contribution in [0.15, 0.2) is 42.6 Å². The van der Waals surface area contributed by atoms with Gasteiger partial charge in [-0.05, 0) is 30.7 Å². The molecule has 2 N–H and O–H groups in total. The van der Waals surface area contributed by atoms with E-state index in [2.05, 4.69) is 15.6 Å². The first-order chi connectivity index (χ1) is 11.1. The molecule has 2 amide bonds. The summed E-state index contributed by atoms with van der Waals surface area (Å²) in [4.78, 5) is 27.4. The molecule has 0 atom stereocenters. The van der Waals surface area contributed by atoms with Gasteiger partial charge in [0.15, 0.2) is 0 Å². The Morgan fingerprint density at radius 1 is 1.17 bits per heavy atom. The molecule has 0 fully saturated rings. The van der Waals surface area contributed by atoms with Gasteiger partial charge >= 0.3 is 0 Å². The molecule has 0 aliphatic carbocycles. The number of carbonyl (C=O) groups excluding carboxylic acids is 2. The first kappa shape index (κ1) is 16.5. The molecular formula is C17H19N3O3. The van der Waals surface area contributed by atoms with Crippen LogP contribution >= 0.6 is 0 Å². The third-order valence-corrected chi connectivity index (χ3v) is 2.92. The number of carbonyl (C=O) groups is 2. The smallest absolute Gasteiger partial charge is 0.255 e. The minimum Gasteiger partial charge on any atom is -0.491 e. The van der Waals surface area contributed by atoms with Crippen LogP contribution in [0.4, 0.5) is 11.5 Å². The van der Waals surface area contributed by atoms with Crippen molar-refractivity contribution in [3.05, 3.63) is 48.2 Å². The third-order valence-electron chi connectivity index (χ3n) is 2.92. The molecule has 0 saturated carbocycles. The molecule has 2 rings (SSSR count). The second-order valence-corrected chi connectivity index (χ2v) is 4.91. The SMILES string of the molecule is CCCOc1ccccc1NC(=O)c1ccnc(NC(C)=O)c1. The van der Waals surface area contributed by atoms with Crippen molar-refractivity contribution in [2.24, 2.45) is 0 Å². The lowest BCUT2D eigenvalue weighted by atomic mass is 10.2. The molecule has 0 radical (unpaired) electrons. The quantitative estimate of drug-likeness (QED) is 0.859. The summed E-state index contributed by atoms with van der Waals surface area (Å²) in [5.74, 6) is 0.416. The summed E-state index contributed by atoms with van der Waals surface area (Å²) in [6.45, 7) is 3.98. The minimum atomic E-state index is -0.299. The lowest BCUT2D eigenvalue weighted by Gasteiger charge is -2.12. The molecule has 0 aliphatic rings. The lowest BCUT2D eigenvalue weighted by Crippen LogP contribution is -2.14. The number of rotatable bonds is 6. The van der Waals surface area contributed by atoms with Gasteiger partial charge in [-0.15, -0.1) is 0 Å². The molecule has 0 bridgehead atoms. The van der Waals surface area contributed by atoms with Gasteiger partial charge in [-0.1, -0.05) is 19.1 Å².